The highest BCUT2D eigenvalue weighted by atomic mass is 28.3. The van der Waals surface area contributed by atoms with Crippen molar-refractivity contribution in [3.63, 3.8) is 0 Å². The first-order valence-electron chi connectivity index (χ1n) is 5.07. The summed E-state index contributed by atoms with van der Waals surface area (Å²) in [6, 6.07) is 4.05. The number of hydrogen-bond acceptors (Lipinski definition) is 2. The van der Waals surface area contributed by atoms with E-state index in [-0.39, 0.29) is 0 Å². The van der Waals surface area contributed by atoms with Crippen LogP contribution in [0.1, 0.15) is 0 Å². The highest BCUT2D eigenvalue weighted by molar-refractivity contribution is 6.88. The normalized spacial score (nSPS) is 11.9. The van der Waals surface area contributed by atoms with Gasteiger partial charge in [0.1, 0.15) is 14.7 Å². The lowest BCUT2D eigenvalue weighted by molar-refractivity contribution is 0.511. The van der Waals surface area contributed by atoms with Gasteiger partial charge < -0.3 is 0 Å². The molecule has 0 aliphatic heterocycles. The first-order chi connectivity index (χ1) is 7.07. The molecule has 0 aliphatic carbocycles. The number of hydrogen-bond donors (Lipinski definition) is 0. The average Bonchev–Trinajstić information content (AvgIpc) is 2.73. The third-order valence-electron chi connectivity index (χ3n) is 2.32. The topological polar surface area (TPSA) is 35.6 Å². The molecule has 0 unspecified atom stereocenters. The summed E-state index contributed by atoms with van der Waals surface area (Å²) in [4.78, 5) is 0. The molecule has 15 heavy (non-hydrogen) atoms. The second kappa shape index (κ2) is 3.66. The number of rotatable bonds is 3. The van der Waals surface area contributed by atoms with Gasteiger partial charge in [-0.15, -0.1) is 0 Å². The van der Waals surface area contributed by atoms with Crippen LogP contribution in [-0.2, 0) is 6.67 Å². The molecule has 0 amide bonds. The molecule has 0 aliphatic rings. The van der Waals surface area contributed by atoms with Gasteiger partial charge in [-0.1, -0.05) is 19.6 Å². The molecule has 0 saturated carbocycles. The van der Waals surface area contributed by atoms with E-state index in [4.69, 9.17) is 0 Å². The Balaban J connectivity index is 2.26. The zero-order valence-electron chi connectivity index (χ0n) is 9.38. The smallest absolute Gasteiger partial charge is 0.132 e. The molecule has 0 bridgehead atoms. The predicted molar refractivity (Wildman–Crippen MR) is 62.8 cm³/mol. The number of aromatic nitrogens is 4. The van der Waals surface area contributed by atoms with Crippen LogP contribution in [0.25, 0.3) is 0 Å². The molecule has 2 heterocycles. The van der Waals surface area contributed by atoms with Crippen LogP contribution in [0.15, 0.2) is 30.7 Å². The van der Waals surface area contributed by atoms with Gasteiger partial charge in [0.25, 0.3) is 0 Å². The van der Waals surface area contributed by atoms with Crippen LogP contribution in [0.3, 0.4) is 0 Å². The highest BCUT2D eigenvalue weighted by Crippen LogP contribution is 2.01. The Hall–Kier alpha value is -1.36. The Bertz CT molecular complexity index is 424. The van der Waals surface area contributed by atoms with Gasteiger partial charge in [0, 0.05) is 23.9 Å². The summed E-state index contributed by atoms with van der Waals surface area (Å²) in [7, 11) is -1.30. The second-order valence-corrected chi connectivity index (χ2v) is 9.67. The van der Waals surface area contributed by atoms with Gasteiger partial charge in [0.2, 0.25) is 0 Å². The summed E-state index contributed by atoms with van der Waals surface area (Å²) in [5.74, 6) is 0. The van der Waals surface area contributed by atoms with Gasteiger partial charge in [-0.25, -0.2) is 0 Å². The van der Waals surface area contributed by atoms with Crippen molar-refractivity contribution in [1.82, 2.24) is 19.6 Å². The minimum absolute atomic E-state index is 0.708. The fourth-order valence-electron chi connectivity index (χ4n) is 1.60. The third kappa shape index (κ3) is 2.18. The van der Waals surface area contributed by atoms with Crippen molar-refractivity contribution in [1.29, 1.82) is 0 Å². The van der Waals surface area contributed by atoms with Crippen LogP contribution in [0, 0.1) is 0 Å². The first kappa shape index (κ1) is 10.2. The highest BCUT2D eigenvalue weighted by Gasteiger charge is 2.21. The van der Waals surface area contributed by atoms with E-state index in [2.05, 4.69) is 35.9 Å². The molecule has 0 fully saturated rings. The Kier molecular flexibility index (Phi) is 2.48. The van der Waals surface area contributed by atoms with E-state index in [0.29, 0.717) is 6.67 Å². The zero-order chi connectivity index (χ0) is 10.9. The summed E-state index contributed by atoms with van der Waals surface area (Å²) in [5, 5.41) is 9.89. The Morgan fingerprint density at radius 3 is 2.60 bits per heavy atom. The van der Waals surface area contributed by atoms with E-state index >= 15 is 0 Å². The molecule has 0 aromatic carbocycles. The van der Waals surface area contributed by atoms with E-state index < -0.39 is 8.07 Å². The van der Waals surface area contributed by atoms with Crippen molar-refractivity contribution in [3.05, 3.63) is 30.7 Å². The SMILES string of the molecule is C[Si](C)(C)c1ccnn1Cn1cccn1. The molecule has 0 radical (unpaired) electrons. The molecule has 2 aromatic heterocycles. The summed E-state index contributed by atoms with van der Waals surface area (Å²) < 4.78 is 3.93. The maximum Gasteiger partial charge on any atom is 0.132 e. The van der Waals surface area contributed by atoms with Crippen LogP contribution in [0.5, 0.6) is 0 Å². The Morgan fingerprint density at radius 1 is 1.20 bits per heavy atom. The van der Waals surface area contributed by atoms with Gasteiger partial charge in [0.15, 0.2) is 0 Å². The maximum absolute atomic E-state index is 4.35. The van der Waals surface area contributed by atoms with Crippen LogP contribution in [-0.4, -0.2) is 27.6 Å². The fraction of sp³-hybridized carbons (Fsp3) is 0.400. The van der Waals surface area contributed by atoms with Crippen LogP contribution in [0.2, 0.25) is 19.6 Å². The van der Waals surface area contributed by atoms with Crippen LogP contribution in [0.4, 0.5) is 0 Å². The van der Waals surface area contributed by atoms with Crippen LogP contribution < -0.4 is 5.32 Å². The van der Waals surface area contributed by atoms with E-state index in [0.717, 1.165) is 0 Å². The quantitative estimate of drug-likeness (QED) is 0.727. The molecule has 0 saturated heterocycles. The Morgan fingerprint density at radius 2 is 2.00 bits per heavy atom. The van der Waals surface area contributed by atoms with Crippen molar-refractivity contribution in [2.24, 2.45) is 0 Å². The second-order valence-electron chi connectivity index (χ2n) is 4.65. The minimum atomic E-state index is -1.30. The van der Waals surface area contributed by atoms with Gasteiger partial charge in [-0.2, -0.15) is 10.2 Å². The molecular formula is C10H16N4Si. The van der Waals surface area contributed by atoms with Crippen molar-refractivity contribution in [3.8, 4) is 0 Å². The first-order valence-corrected chi connectivity index (χ1v) is 8.57. The number of nitrogens with zero attached hydrogens (tertiary/aromatic N) is 4. The standard InChI is InChI=1S/C10H16N4Si/c1-15(2,3)10-5-7-12-14(10)9-13-8-4-6-11-13/h4-8H,9H2,1-3H3. The Labute approximate surface area is 90.5 Å². The van der Waals surface area contributed by atoms with Crippen molar-refractivity contribution in [2.75, 3.05) is 0 Å². The van der Waals surface area contributed by atoms with Crippen molar-refractivity contribution < 1.29 is 0 Å². The third-order valence-corrected chi connectivity index (χ3v) is 4.28. The molecule has 0 atom stereocenters. The van der Waals surface area contributed by atoms with Crippen molar-refractivity contribution in [2.45, 2.75) is 26.3 Å². The monoisotopic (exact) mass is 220 g/mol. The zero-order valence-corrected chi connectivity index (χ0v) is 10.4. The maximum atomic E-state index is 4.35. The summed E-state index contributed by atoms with van der Waals surface area (Å²) >= 11 is 0. The molecule has 2 aromatic rings. The van der Waals surface area contributed by atoms with E-state index in [1.807, 2.05) is 27.8 Å². The van der Waals surface area contributed by atoms with E-state index in [1.54, 1.807) is 6.20 Å². The lowest BCUT2D eigenvalue weighted by Gasteiger charge is -2.18. The van der Waals surface area contributed by atoms with Gasteiger partial charge in [0.05, 0.1) is 0 Å². The molecule has 80 valence electrons. The molecule has 4 nitrogen and oxygen atoms in total. The average molecular weight is 220 g/mol. The molecule has 0 spiro atoms. The van der Waals surface area contributed by atoms with Crippen molar-refractivity contribution >= 4 is 13.4 Å². The lowest BCUT2D eigenvalue weighted by Crippen LogP contribution is -2.43. The minimum Gasteiger partial charge on any atom is -0.252 e. The summed E-state index contributed by atoms with van der Waals surface area (Å²) in [5.41, 5.74) is 0. The lowest BCUT2D eigenvalue weighted by atomic mass is 10.7. The van der Waals surface area contributed by atoms with Crippen LogP contribution >= 0.6 is 0 Å². The van der Waals surface area contributed by atoms with E-state index in [9.17, 15) is 0 Å². The van der Waals surface area contributed by atoms with Gasteiger partial charge in [-0.05, 0) is 12.1 Å². The molecule has 2 rings (SSSR count). The molecule has 5 heteroatoms. The predicted octanol–water partition coefficient (Wildman–Crippen LogP) is 1.13. The van der Waals surface area contributed by atoms with E-state index in [1.165, 1.54) is 5.32 Å². The summed E-state index contributed by atoms with van der Waals surface area (Å²) in [6.07, 6.45) is 5.62. The molecular weight excluding hydrogens is 204 g/mol. The largest absolute Gasteiger partial charge is 0.252 e. The molecule has 0 N–H and O–H groups in total. The summed E-state index contributed by atoms with van der Waals surface area (Å²) in [6.45, 7) is 7.68. The van der Waals surface area contributed by atoms with Gasteiger partial charge >= 0.3 is 0 Å². The van der Waals surface area contributed by atoms with Gasteiger partial charge in [-0.3, -0.25) is 9.36 Å². The fourth-order valence-corrected chi connectivity index (χ4v) is 3.08.